The fraction of sp³-hybridized carbons (Fsp3) is 0.154. The Bertz CT molecular complexity index is 516. The van der Waals surface area contributed by atoms with Crippen LogP contribution in [-0.4, -0.2) is 11.1 Å². The molecule has 2 aromatic rings. The minimum Gasteiger partial charge on any atom is -0.477 e. The van der Waals surface area contributed by atoms with Gasteiger partial charge in [0, 0.05) is 17.1 Å². The van der Waals surface area contributed by atoms with Gasteiger partial charge in [0.15, 0.2) is 0 Å². The average Bonchev–Trinajstić information content (AvgIpc) is 2.77. The van der Waals surface area contributed by atoms with Crippen LogP contribution in [0.4, 0.5) is 5.69 Å². The van der Waals surface area contributed by atoms with E-state index in [4.69, 9.17) is 5.11 Å². The van der Waals surface area contributed by atoms with Crippen LogP contribution in [0.15, 0.2) is 36.4 Å². The Kier molecular flexibility index (Phi) is 3.44. The van der Waals surface area contributed by atoms with Gasteiger partial charge in [-0.25, -0.2) is 4.79 Å². The van der Waals surface area contributed by atoms with Gasteiger partial charge in [-0.15, -0.1) is 11.3 Å². The lowest BCUT2D eigenvalue weighted by Crippen LogP contribution is -1.97. The number of aromatic carboxylic acids is 1. The Morgan fingerprint density at radius 1 is 1.24 bits per heavy atom. The molecule has 2 N–H and O–H groups in total. The Morgan fingerprint density at radius 2 is 1.94 bits per heavy atom. The maximum atomic E-state index is 10.7. The normalized spacial score (nSPS) is 10.2. The summed E-state index contributed by atoms with van der Waals surface area (Å²) >= 11 is 1.30. The molecule has 0 spiro atoms. The topological polar surface area (TPSA) is 49.3 Å². The second-order valence-electron chi connectivity index (χ2n) is 3.79. The molecule has 0 bridgehead atoms. The monoisotopic (exact) mass is 247 g/mol. The molecule has 17 heavy (non-hydrogen) atoms. The Labute approximate surface area is 104 Å². The van der Waals surface area contributed by atoms with Crippen molar-refractivity contribution in [2.75, 3.05) is 5.32 Å². The number of carboxylic acids is 1. The SMILES string of the molecule is Cc1ccc(NCc2ccc(C(=O)O)s2)cc1. The zero-order valence-corrected chi connectivity index (χ0v) is 10.3. The number of benzene rings is 1. The number of hydrogen-bond donors (Lipinski definition) is 2. The minimum atomic E-state index is -0.864. The van der Waals surface area contributed by atoms with Crippen LogP contribution in [0.2, 0.25) is 0 Å². The summed E-state index contributed by atoms with van der Waals surface area (Å²) in [6.45, 7) is 2.70. The Balaban J connectivity index is 1.97. The van der Waals surface area contributed by atoms with Crippen LogP contribution in [0.3, 0.4) is 0 Å². The number of nitrogens with one attached hydrogen (secondary N) is 1. The highest BCUT2D eigenvalue weighted by Crippen LogP contribution is 2.18. The van der Waals surface area contributed by atoms with E-state index in [1.165, 1.54) is 16.9 Å². The van der Waals surface area contributed by atoms with Gasteiger partial charge in [-0.05, 0) is 31.2 Å². The van der Waals surface area contributed by atoms with Crippen LogP contribution in [0.5, 0.6) is 0 Å². The van der Waals surface area contributed by atoms with Crippen molar-refractivity contribution in [2.24, 2.45) is 0 Å². The van der Waals surface area contributed by atoms with Crippen molar-refractivity contribution in [3.8, 4) is 0 Å². The van der Waals surface area contributed by atoms with Crippen molar-refractivity contribution in [1.29, 1.82) is 0 Å². The van der Waals surface area contributed by atoms with Crippen molar-refractivity contribution >= 4 is 23.0 Å². The van der Waals surface area contributed by atoms with Gasteiger partial charge in [0.1, 0.15) is 4.88 Å². The van der Waals surface area contributed by atoms with Crippen LogP contribution in [0.1, 0.15) is 20.1 Å². The van der Waals surface area contributed by atoms with Gasteiger partial charge in [-0.3, -0.25) is 0 Å². The lowest BCUT2D eigenvalue weighted by atomic mass is 10.2. The van der Waals surface area contributed by atoms with E-state index in [9.17, 15) is 4.79 Å². The number of aryl methyl sites for hydroxylation is 1. The van der Waals surface area contributed by atoms with E-state index in [1.54, 1.807) is 6.07 Å². The molecule has 2 rings (SSSR count). The van der Waals surface area contributed by atoms with Gasteiger partial charge in [0.2, 0.25) is 0 Å². The highest BCUT2D eigenvalue weighted by molar-refractivity contribution is 7.13. The van der Waals surface area contributed by atoms with Crippen molar-refractivity contribution < 1.29 is 9.90 Å². The fourth-order valence-electron chi connectivity index (χ4n) is 1.45. The smallest absolute Gasteiger partial charge is 0.345 e. The summed E-state index contributed by atoms with van der Waals surface area (Å²) in [6, 6.07) is 11.6. The van der Waals surface area contributed by atoms with E-state index in [0.29, 0.717) is 11.4 Å². The standard InChI is InChI=1S/C13H13NO2S/c1-9-2-4-10(5-3-9)14-8-11-6-7-12(17-11)13(15)16/h2-7,14H,8H2,1H3,(H,15,16). The van der Waals surface area contributed by atoms with Crippen LogP contribution < -0.4 is 5.32 Å². The lowest BCUT2D eigenvalue weighted by Gasteiger charge is -2.04. The molecule has 3 nitrogen and oxygen atoms in total. The van der Waals surface area contributed by atoms with E-state index < -0.39 is 5.97 Å². The molecule has 0 unspecified atom stereocenters. The predicted octanol–water partition coefficient (Wildman–Crippen LogP) is 3.37. The number of rotatable bonds is 4. The molecule has 0 aliphatic carbocycles. The summed E-state index contributed by atoms with van der Waals surface area (Å²) in [6.07, 6.45) is 0. The van der Waals surface area contributed by atoms with E-state index >= 15 is 0 Å². The Hall–Kier alpha value is -1.81. The molecule has 0 atom stereocenters. The second kappa shape index (κ2) is 5.01. The first kappa shape index (κ1) is 11.7. The minimum absolute atomic E-state index is 0.380. The predicted molar refractivity (Wildman–Crippen MR) is 69.8 cm³/mol. The summed E-state index contributed by atoms with van der Waals surface area (Å²) in [4.78, 5) is 12.1. The summed E-state index contributed by atoms with van der Waals surface area (Å²) in [7, 11) is 0. The summed E-state index contributed by atoms with van der Waals surface area (Å²) in [5.41, 5.74) is 2.26. The largest absolute Gasteiger partial charge is 0.477 e. The summed E-state index contributed by atoms with van der Waals surface area (Å²) in [5, 5.41) is 12.1. The van der Waals surface area contributed by atoms with Crippen molar-refractivity contribution in [3.05, 3.63) is 51.7 Å². The molecule has 0 aliphatic heterocycles. The third kappa shape index (κ3) is 3.07. The van der Waals surface area contributed by atoms with Crippen LogP contribution in [-0.2, 0) is 6.54 Å². The van der Waals surface area contributed by atoms with Crippen molar-refractivity contribution in [3.63, 3.8) is 0 Å². The zero-order valence-electron chi connectivity index (χ0n) is 9.43. The Morgan fingerprint density at radius 3 is 2.53 bits per heavy atom. The molecule has 0 fully saturated rings. The zero-order chi connectivity index (χ0) is 12.3. The molecule has 0 radical (unpaired) electrons. The van der Waals surface area contributed by atoms with Crippen LogP contribution in [0.25, 0.3) is 0 Å². The number of anilines is 1. The van der Waals surface area contributed by atoms with E-state index in [-0.39, 0.29) is 0 Å². The van der Waals surface area contributed by atoms with E-state index in [1.807, 2.05) is 37.3 Å². The maximum absolute atomic E-state index is 10.7. The first-order valence-electron chi connectivity index (χ1n) is 5.28. The van der Waals surface area contributed by atoms with Gasteiger partial charge >= 0.3 is 5.97 Å². The highest BCUT2D eigenvalue weighted by atomic mass is 32.1. The van der Waals surface area contributed by atoms with Gasteiger partial charge in [0.25, 0.3) is 0 Å². The molecule has 1 aromatic carbocycles. The molecule has 0 saturated carbocycles. The molecule has 0 amide bonds. The van der Waals surface area contributed by atoms with Gasteiger partial charge < -0.3 is 10.4 Å². The summed E-state index contributed by atoms with van der Waals surface area (Å²) < 4.78 is 0. The number of carboxylic acid groups (broad SMARTS) is 1. The quantitative estimate of drug-likeness (QED) is 0.871. The number of carbonyl (C=O) groups is 1. The lowest BCUT2D eigenvalue weighted by molar-refractivity contribution is 0.0702. The molecular formula is C13H13NO2S. The third-order valence-corrected chi connectivity index (χ3v) is 3.46. The molecule has 88 valence electrons. The third-order valence-electron chi connectivity index (χ3n) is 2.39. The number of hydrogen-bond acceptors (Lipinski definition) is 3. The van der Waals surface area contributed by atoms with E-state index in [2.05, 4.69) is 5.32 Å². The molecular weight excluding hydrogens is 234 g/mol. The average molecular weight is 247 g/mol. The van der Waals surface area contributed by atoms with Crippen LogP contribution in [0, 0.1) is 6.92 Å². The van der Waals surface area contributed by atoms with Gasteiger partial charge in [-0.1, -0.05) is 17.7 Å². The van der Waals surface area contributed by atoms with Crippen molar-refractivity contribution in [2.45, 2.75) is 13.5 Å². The van der Waals surface area contributed by atoms with Crippen molar-refractivity contribution in [1.82, 2.24) is 0 Å². The first-order chi connectivity index (χ1) is 8.15. The highest BCUT2D eigenvalue weighted by Gasteiger charge is 2.06. The fourth-order valence-corrected chi connectivity index (χ4v) is 2.23. The molecule has 1 aromatic heterocycles. The first-order valence-corrected chi connectivity index (χ1v) is 6.09. The molecule has 4 heteroatoms. The molecule has 0 aliphatic rings. The number of thiophene rings is 1. The second-order valence-corrected chi connectivity index (χ2v) is 4.96. The van der Waals surface area contributed by atoms with Crippen LogP contribution >= 0.6 is 11.3 Å². The maximum Gasteiger partial charge on any atom is 0.345 e. The van der Waals surface area contributed by atoms with E-state index in [0.717, 1.165) is 10.6 Å². The van der Waals surface area contributed by atoms with Gasteiger partial charge in [0.05, 0.1) is 0 Å². The molecule has 1 heterocycles. The van der Waals surface area contributed by atoms with Gasteiger partial charge in [-0.2, -0.15) is 0 Å². The summed E-state index contributed by atoms with van der Waals surface area (Å²) in [5.74, 6) is -0.864. The molecule has 0 saturated heterocycles.